The normalized spacial score (nSPS) is 25.7. The largest absolute Gasteiger partial charge is 0.497 e. The first kappa shape index (κ1) is 20.4. The minimum absolute atomic E-state index is 0. The third-order valence-electron chi connectivity index (χ3n) is 6.35. The summed E-state index contributed by atoms with van der Waals surface area (Å²) in [4.78, 5) is 15.4. The number of ether oxygens (including phenoxy) is 2. The molecule has 3 fully saturated rings. The lowest BCUT2D eigenvalue weighted by Crippen LogP contribution is -2.40. The molecule has 2 saturated heterocycles. The van der Waals surface area contributed by atoms with Crippen molar-refractivity contribution in [2.45, 2.75) is 44.8 Å². The Labute approximate surface area is 168 Å². The molecule has 0 bridgehead atoms. The van der Waals surface area contributed by atoms with Gasteiger partial charge in [-0.15, -0.1) is 12.4 Å². The number of hydrogen-bond acceptors (Lipinski definition) is 4. The number of amides is 1. The lowest BCUT2D eigenvalue weighted by Gasteiger charge is -2.29. The van der Waals surface area contributed by atoms with Crippen molar-refractivity contribution in [3.63, 3.8) is 0 Å². The molecule has 1 aliphatic carbocycles. The first-order chi connectivity index (χ1) is 12.7. The van der Waals surface area contributed by atoms with Gasteiger partial charge in [-0.1, -0.05) is 12.1 Å². The molecule has 2 heterocycles. The van der Waals surface area contributed by atoms with Gasteiger partial charge >= 0.3 is 0 Å². The molecule has 1 amide bonds. The minimum Gasteiger partial charge on any atom is -0.497 e. The Morgan fingerprint density at radius 3 is 2.89 bits per heavy atom. The number of carbonyl (C=O) groups excluding carboxylic acids is 1. The molecule has 1 spiro atoms. The van der Waals surface area contributed by atoms with Crippen LogP contribution in [0.1, 0.15) is 37.7 Å². The highest BCUT2D eigenvalue weighted by molar-refractivity contribution is 5.85. The Balaban J connectivity index is 0.00000210. The van der Waals surface area contributed by atoms with E-state index in [1.54, 1.807) is 7.11 Å². The highest BCUT2D eigenvalue weighted by Gasteiger charge is 2.58. The number of nitrogens with zero attached hydrogens (tertiary/aromatic N) is 1. The van der Waals surface area contributed by atoms with Crippen LogP contribution in [0, 0.1) is 11.3 Å². The van der Waals surface area contributed by atoms with E-state index in [0.717, 1.165) is 63.1 Å². The summed E-state index contributed by atoms with van der Waals surface area (Å²) in [5.41, 5.74) is 1.39. The summed E-state index contributed by atoms with van der Waals surface area (Å²) in [7, 11) is 1.68. The molecule has 2 aliphatic heterocycles. The summed E-state index contributed by atoms with van der Waals surface area (Å²) in [5, 5.41) is 3.42. The number of methoxy groups -OCH3 is 1. The van der Waals surface area contributed by atoms with Crippen molar-refractivity contribution in [3.05, 3.63) is 29.8 Å². The monoisotopic (exact) mass is 394 g/mol. The van der Waals surface area contributed by atoms with Crippen LogP contribution in [-0.4, -0.2) is 50.3 Å². The molecule has 1 aromatic carbocycles. The smallest absolute Gasteiger partial charge is 0.226 e. The molecule has 2 unspecified atom stereocenters. The second-order valence-corrected chi connectivity index (χ2v) is 8.07. The lowest BCUT2D eigenvalue weighted by atomic mass is 9.91. The standard InChI is InChI=1S/C21H30N2O3.ClH/c1-25-17-5-2-4-16(12-17)14-23(15-18-6-3-11-26-18)20(24)19-13-21(19)7-9-22-10-8-21;/h2,4-5,12,18-19,22H,3,6-11,13-15H2,1H3;1H. The SMILES string of the molecule is COc1cccc(CN(CC2CCCO2)C(=O)C2CC23CCNCC3)c1.Cl. The maximum absolute atomic E-state index is 13.3. The summed E-state index contributed by atoms with van der Waals surface area (Å²) < 4.78 is 11.2. The van der Waals surface area contributed by atoms with Gasteiger partial charge in [0.1, 0.15) is 5.75 Å². The molecule has 3 aliphatic rings. The van der Waals surface area contributed by atoms with Crippen LogP contribution < -0.4 is 10.1 Å². The third-order valence-corrected chi connectivity index (χ3v) is 6.35. The quantitative estimate of drug-likeness (QED) is 0.805. The van der Waals surface area contributed by atoms with Gasteiger partial charge in [0.2, 0.25) is 5.91 Å². The van der Waals surface area contributed by atoms with E-state index in [4.69, 9.17) is 9.47 Å². The van der Waals surface area contributed by atoms with Gasteiger partial charge in [-0.25, -0.2) is 0 Å². The molecule has 0 radical (unpaired) electrons. The maximum atomic E-state index is 13.3. The van der Waals surface area contributed by atoms with Crippen molar-refractivity contribution >= 4 is 18.3 Å². The minimum atomic E-state index is 0. The molecule has 1 aromatic rings. The Bertz CT molecular complexity index is 642. The van der Waals surface area contributed by atoms with E-state index in [1.165, 1.54) is 0 Å². The van der Waals surface area contributed by atoms with E-state index in [0.29, 0.717) is 19.0 Å². The van der Waals surface area contributed by atoms with E-state index < -0.39 is 0 Å². The highest BCUT2D eigenvalue weighted by atomic mass is 35.5. The molecule has 150 valence electrons. The molecule has 1 saturated carbocycles. The topological polar surface area (TPSA) is 50.8 Å². The Morgan fingerprint density at radius 1 is 1.37 bits per heavy atom. The van der Waals surface area contributed by atoms with Gasteiger partial charge in [-0.05, 0) is 68.3 Å². The maximum Gasteiger partial charge on any atom is 0.226 e. The van der Waals surface area contributed by atoms with Crippen molar-refractivity contribution < 1.29 is 14.3 Å². The van der Waals surface area contributed by atoms with E-state index in [2.05, 4.69) is 11.4 Å². The van der Waals surface area contributed by atoms with Crippen molar-refractivity contribution in [1.82, 2.24) is 10.2 Å². The third kappa shape index (κ3) is 4.58. The Morgan fingerprint density at radius 2 is 2.19 bits per heavy atom. The van der Waals surface area contributed by atoms with Gasteiger partial charge in [-0.3, -0.25) is 4.79 Å². The lowest BCUT2D eigenvalue weighted by molar-refractivity contribution is -0.136. The fraction of sp³-hybridized carbons (Fsp3) is 0.667. The first-order valence-corrected chi connectivity index (χ1v) is 9.94. The van der Waals surface area contributed by atoms with Gasteiger partial charge in [-0.2, -0.15) is 0 Å². The zero-order valence-corrected chi connectivity index (χ0v) is 16.9. The molecular formula is C21H31ClN2O3. The number of halogens is 1. The molecular weight excluding hydrogens is 364 g/mol. The number of carbonyl (C=O) groups is 1. The molecule has 0 aromatic heterocycles. The Kier molecular flexibility index (Phi) is 6.66. The van der Waals surface area contributed by atoms with Crippen LogP contribution in [0.2, 0.25) is 0 Å². The number of nitrogens with one attached hydrogen (secondary N) is 1. The van der Waals surface area contributed by atoms with Gasteiger partial charge in [0, 0.05) is 25.6 Å². The molecule has 5 nitrogen and oxygen atoms in total. The molecule has 27 heavy (non-hydrogen) atoms. The summed E-state index contributed by atoms with van der Waals surface area (Å²) >= 11 is 0. The second-order valence-electron chi connectivity index (χ2n) is 8.07. The average molecular weight is 395 g/mol. The number of piperidine rings is 1. The second kappa shape index (κ2) is 8.80. The average Bonchev–Trinajstić information content (AvgIpc) is 3.11. The fourth-order valence-electron chi connectivity index (χ4n) is 4.65. The van der Waals surface area contributed by atoms with Crippen molar-refractivity contribution in [2.24, 2.45) is 11.3 Å². The van der Waals surface area contributed by atoms with Crippen LogP contribution in [0.15, 0.2) is 24.3 Å². The number of benzene rings is 1. The summed E-state index contributed by atoms with van der Waals surface area (Å²) in [6.45, 7) is 4.27. The van der Waals surface area contributed by atoms with Gasteiger partial charge < -0.3 is 19.7 Å². The summed E-state index contributed by atoms with van der Waals surface area (Å²) in [6, 6.07) is 8.05. The van der Waals surface area contributed by atoms with Crippen LogP contribution in [0.5, 0.6) is 5.75 Å². The number of rotatable bonds is 6. The van der Waals surface area contributed by atoms with Crippen LogP contribution in [-0.2, 0) is 16.1 Å². The fourth-order valence-corrected chi connectivity index (χ4v) is 4.65. The van der Waals surface area contributed by atoms with Crippen LogP contribution >= 0.6 is 12.4 Å². The first-order valence-electron chi connectivity index (χ1n) is 9.94. The van der Waals surface area contributed by atoms with Gasteiger partial charge in [0.15, 0.2) is 0 Å². The molecule has 4 rings (SSSR count). The molecule has 1 N–H and O–H groups in total. The van der Waals surface area contributed by atoms with E-state index in [1.807, 2.05) is 23.1 Å². The molecule has 6 heteroatoms. The van der Waals surface area contributed by atoms with Crippen molar-refractivity contribution in [2.75, 3.05) is 33.4 Å². The van der Waals surface area contributed by atoms with E-state index >= 15 is 0 Å². The van der Waals surface area contributed by atoms with Crippen molar-refractivity contribution in [1.29, 1.82) is 0 Å². The van der Waals surface area contributed by atoms with E-state index in [9.17, 15) is 4.79 Å². The number of hydrogen-bond donors (Lipinski definition) is 1. The van der Waals surface area contributed by atoms with Crippen LogP contribution in [0.25, 0.3) is 0 Å². The van der Waals surface area contributed by atoms with Gasteiger partial charge in [0.25, 0.3) is 0 Å². The van der Waals surface area contributed by atoms with Crippen LogP contribution in [0.4, 0.5) is 0 Å². The van der Waals surface area contributed by atoms with Crippen LogP contribution in [0.3, 0.4) is 0 Å². The predicted molar refractivity (Wildman–Crippen MR) is 107 cm³/mol. The zero-order valence-electron chi connectivity index (χ0n) is 16.1. The van der Waals surface area contributed by atoms with E-state index in [-0.39, 0.29) is 29.8 Å². The predicted octanol–water partition coefficient (Wildman–Crippen LogP) is 3.01. The van der Waals surface area contributed by atoms with Gasteiger partial charge in [0.05, 0.1) is 13.2 Å². The zero-order chi connectivity index (χ0) is 18.0. The highest BCUT2D eigenvalue weighted by Crippen LogP contribution is 2.59. The molecule has 2 atom stereocenters. The summed E-state index contributed by atoms with van der Waals surface area (Å²) in [5.74, 6) is 1.37. The van der Waals surface area contributed by atoms with Crippen molar-refractivity contribution in [3.8, 4) is 5.75 Å². The summed E-state index contributed by atoms with van der Waals surface area (Å²) in [6.07, 6.45) is 5.68. The Hall–Kier alpha value is -1.30.